The molecule has 0 fully saturated rings. The number of carbonyl (C=O) groups excluding carboxylic acids is 1. The summed E-state index contributed by atoms with van der Waals surface area (Å²) in [6.45, 7) is 0. The van der Waals surface area contributed by atoms with Crippen LogP contribution in [-0.4, -0.2) is 28.7 Å². The molecule has 0 aliphatic rings. The van der Waals surface area contributed by atoms with Crippen LogP contribution in [0.2, 0.25) is 5.02 Å². The first-order valence-electron chi connectivity index (χ1n) is 5.97. The van der Waals surface area contributed by atoms with Crippen LogP contribution in [0.25, 0.3) is 0 Å². The molecule has 1 amide bonds. The molecule has 0 bridgehead atoms. The number of anilines is 1. The van der Waals surface area contributed by atoms with Gasteiger partial charge in [-0.15, -0.1) is 0 Å². The Hall–Kier alpha value is -2.47. The van der Waals surface area contributed by atoms with E-state index < -0.39 is 5.97 Å². The highest BCUT2D eigenvalue weighted by molar-refractivity contribution is 6.31. The minimum Gasteiger partial charge on any atom is -0.496 e. The Kier molecular flexibility index (Phi) is 4.18. The fraction of sp³-hybridized carbons (Fsp3) is 0.143. The lowest BCUT2D eigenvalue weighted by atomic mass is 10.2. The third-order valence-corrected chi connectivity index (χ3v) is 3.10. The van der Waals surface area contributed by atoms with Gasteiger partial charge >= 0.3 is 5.97 Å². The van der Waals surface area contributed by atoms with Gasteiger partial charge in [-0.25, -0.2) is 4.79 Å². The van der Waals surface area contributed by atoms with Gasteiger partial charge in [-0.1, -0.05) is 11.6 Å². The number of amides is 1. The number of nitrogens with one attached hydrogen (secondary N) is 1. The number of aromatic nitrogens is 1. The number of nitrogens with zero attached hydrogens (tertiary/aromatic N) is 1. The number of aromatic carboxylic acids is 1. The average molecular weight is 309 g/mol. The van der Waals surface area contributed by atoms with Gasteiger partial charge in [0.25, 0.3) is 5.91 Å². The second-order valence-electron chi connectivity index (χ2n) is 4.33. The fourth-order valence-corrected chi connectivity index (χ4v) is 2.14. The van der Waals surface area contributed by atoms with Crippen molar-refractivity contribution in [3.05, 3.63) is 46.7 Å². The van der Waals surface area contributed by atoms with Gasteiger partial charge in [-0.05, 0) is 18.2 Å². The van der Waals surface area contributed by atoms with Crippen LogP contribution in [0.4, 0.5) is 5.69 Å². The number of carboxylic acid groups (broad SMARTS) is 1. The van der Waals surface area contributed by atoms with Crippen LogP contribution in [0.5, 0.6) is 5.75 Å². The second kappa shape index (κ2) is 5.88. The normalized spacial score (nSPS) is 10.2. The number of hydrogen-bond donors (Lipinski definition) is 2. The van der Waals surface area contributed by atoms with Crippen molar-refractivity contribution in [2.45, 2.75) is 0 Å². The number of halogens is 1. The molecule has 1 aromatic carbocycles. The molecule has 1 heterocycles. The van der Waals surface area contributed by atoms with E-state index in [0.29, 0.717) is 16.4 Å². The zero-order valence-electron chi connectivity index (χ0n) is 11.4. The summed E-state index contributed by atoms with van der Waals surface area (Å²) in [7, 11) is 3.07. The molecule has 0 unspecified atom stereocenters. The van der Waals surface area contributed by atoms with Gasteiger partial charge in [0.2, 0.25) is 0 Å². The van der Waals surface area contributed by atoms with Gasteiger partial charge in [-0.2, -0.15) is 0 Å². The Morgan fingerprint density at radius 1 is 1.33 bits per heavy atom. The molecule has 0 spiro atoms. The summed E-state index contributed by atoms with van der Waals surface area (Å²) in [5.74, 6) is -1.28. The van der Waals surface area contributed by atoms with Crippen molar-refractivity contribution >= 4 is 29.2 Å². The van der Waals surface area contributed by atoms with Crippen LogP contribution in [-0.2, 0) is 7.05 Å². The summed E-state index contributed by atoms with van der Waals surface area (Å²) in [4.78, 5) is 23.1. The standard InChI is InChI=1S/C14H13ClN2O4/c1-17-7-8(15)5-11(17)13(18)16-9-3-4-10(14(19)20)12(6-9)21-2/h3-7H,1-2H3,(H,16,18)(H,19,20). The van der Waals surface area contributed by atoms with E-state index in [9.17, 15) is 9.59 Å². The van der Waals surface area contributed by atoms with E-state index in [1.165, 1.54) is 25.3 Å². The van der Waals surface area contributed by atoms with Gasteiger partial charge in [0, 0.05) is 25.0 Å². The van der Waals surface area contributed by atoms with Gasteiger partial charge in [-0.3, -0.25) is 4.79 Å². The predicted octanol–water partition coefficient (Wildman–Crippen LogP) is 2.64. The first-order valence-corrected chi connectivity index (χ1v) is 6.34. The number of methoxy groups -OCH3 is 1. The number of rotatable bonds is 4. The van der Waals surface area contributed by atoms with E-state index in [1.807, 2.05) is 0 Å². The first kappa shape index (κ1) is 14.9. The molecule has 2 N–H and O–H groups in total. The molecule has 1 aromatic heterocycles. The van der Waals surface area contributed by atoms with Crippen molar-refractivity contribution in [1.29, 1.82) is 0 Å². The lowest BCUT2D eigenvalue weighted by molar-refractivity contribution is 0.0693. The quantitative estimate of drug-likeness (QED) is 0.910. The minimum atomic E-state index is -1.10. The third-order valence-electron chi connectivity index (χ3n) is 2.89. The van der Waals surface area contributed by atoms with Crippen LogP contribution in [0, 0.1) is 0 Å². The largest absolute Gasteiger partial charge is 0.496 e. The van der Waals surface area contributed by atoms with Gasteiger partial charge in [0.05, 0.1) is 12.1 Å². The number of carboxylic acids is 1. The lowest BCUT2D eigenvalue weighted by Gasteiger charge is -2.09. The van der Waals surface area contributed by atoms with E-state index in [4.69, 9.17) is 21.4 Å². The Morgan fingerprint density at radius 2 is 2.05 bits per heavy atom. The minimum absolute atomic E-state index is 0.0254. The highest BCUT2D eigenvalue weighted by atomic mass is 35.5. The van der Waals surface area contributed by atoms with Crippen molar-refractivity contribution in [3.63, 3.8) is 0 Å². The number of carbonyl (C=O) groups is 2. The monoisotopic (exact) mass is 308 g/mol. The van der Waals surface area contributed by atoms with Gasteiger partial charge < -0.3 is 19.7 Å². The van der Waals surface area contributed by atoms with Crippen molar-refractivity contribution < 1.29 is 19.4 Å². The maximum absolute atomic E-state index is 12.1. The van der Waals surface area contributed by atoms with Crippen molar-refractivity contribution in [3.8, 4) is 5.75 Å². The van der Waals surface area contributed by atoms with E-state index in [-0.39, 0.29) is 17.2 Å². The summed E-state index contributed by atoms with van der Waals surface area (Å²) in [6, 6.07) is 5.86. The number of benzene rings is 1. The van der Waals surface area contributed by atoms with Crippen molar-refractivity contribution in [2.24, 2.45) is 7.05 Å². The topological polar surface area (TPSA) is 80.6 Å². The SMILES string of the molecule is COc1cc(NC(=O)c2cc(Cl)cn2C)ccc1C(=O)O. The van der Waals surface area contributed by atoms with Crippen LogP contribution in [0.15, 0.2) is 30.5 Å². The Labute approximate surface area is 125 Å². The maximum Gasteiger partial charge on any atom is 0.339 e. The molecule has 0 saturated heterocycles. The zero-order chi connectivity index (χ0) is 15.6. The molecular formula is C14H13ClN2O4. The van der Waals surface area contributed by atoms with Crippen LogP contribution in [0.3, 0.4) is 0 Å². The molecule has 21 heavy (non-hydrogen) atoms. The molecule has 0 aliphatic carbocycles. The molecule has 0 aliphatic heterocycles. The van der Waals surface area contributed by atoms with Crippen LogP contribution < -0.4 is 10.1 Å². The average Bonchev–Trinajstić information content (AvgIpc) is 2.77. The third kappa shape index (κ3) is 3.17. The molecule has 7 heteroatoms. The maximum atomic E-state index is 12.1. The van der Waals surface area contributed by atoms with E-state index in [0.717, 1.165) is 0 Å². The fourth-order valence-electron chi connectivity index (χ4n) is 1.89. The summed E-state index contributed by atoms with van der Waals surface area (Å²) < 4.78 is 6.60. The van der Waals surface area contributed by atoms with E-state index >= 15 is 0 Å². The van der Waals surface area contributed by atoms with Crippen LogP contribution >= 0.6 is 11.6 Å². The molecule has 0 atom stereocenters. The Morgan fingerprint density at radius 3 is 2.57 bits per heavy atom. The van der Waals surface area contributed by atoms with Gasteiger partial charge in [0.15, 0.2) is 0 Å². The van der Waals surface area contributed by atoms with E-state index in [2.05, 4.69) is 5.32 Å². The molecule has 110 valence electrons. The van der Waals surface area contributed by atoms with Crippen LogP contribution in [0.1, 0.15) is 20.8 Å². The summed E-state index contributed by atoms with van der Waals surface area (Å²) >= 11 is 5.83. The second-order valence-corrected chi connectivity index (χ2v) is 4.77. The molecule has 2 rings (SSSR count). The Bertz CT molecular complexity index is 709. The molecule has 0 radical (unpaired) electrons. The number of aryl methyl sites for hydroxylation is 1. The van der Waals surface area contributed by atoms with E-state index in [1.54, 1.807) is 23.9 Å². The Balaban J connectivity index is 2.26. The summed E-state index contributed by atoms with van der Waals surface area (Å²) in [5, 5.41) is 12.1. The molecule has 2 aromatic rings. The van der Waals surface area contributed by atoms with Crippen molar-refractivity contribution in [2.75, 3.05) is 12.4 Å². The van der Waals surface area contributed by atoms with Crippen molar-refractivity contribution in [1.82, 2.24) is 4.57 Å². The first-order chi connectivity index (χ1) is 9.92. The summed E-state index contributed by atoms with van der Waals surface area (Å²) in [5.41, 5.74) is 0.845. The van der Waals surface area contributed by atoms with Gasteiger partial charge in [0.1, 0.15) is 17.0 Å². The molecule has 0 saturated carbocycles. The number of hydrogen-bond acceptors (Lipinski definition) is 3. The highest BCUT2D eigenvalue weighted by Gasteiger charge is 2.15. The highest BCUT2D eigenvalue weighted by Crippen LogP contribution is 2.24. The lowest BCUT2D eigenvalue weighted by Crippen LogP contribution is -2.15. The zero-order valence-corrected chi connectivity index (χ0v) is 12.1. The number of ether oxygens (including phenoxy) is 1. The predicted molar refractivity (Wildman–Crippen MR) is 78.3 cm³/mol. The molecule has 6 nitrogen and oxygen atoms in total. The smallest absolute Gasteiger partial charge is 0.339 e. The summed E-state index contributed by atoms with van der Waals surface area (Å²) in [6.07, 6.45) is 1.62. The molecular weight excluding hydrogens is 296 g/mol.